The van der Waals surface area contributed by atoms with Crippen LogP contribution in [0.25, 0.3) is 0 Å². The Bertz CT molecular complexity index is 488. The number of urea groups is 1. The number of amides is 2. The van der Waals surface area contributed by atoms with Crippen LogP contribution < -0.4 is 11.1 Å². The molecule has 6 heteroatoms. The van der Waals surface area contributed by atoms with E-state index in [0.29, 0.717) is 13.1 Å². The van der Waals surface area contributed by atoms with Crippen molar-refractivity contribution in [1.82, 2.24) is 4.90 Å². The zero-order valence-corrected chi connectivity index (χ0v) is 12.1. The highest BCUT2D eigenvalue weighted by atomic mass is 16.4. The van der Waals surface area contributed by atoms with Crippen LogP contribution in [-0.4, -0.2) is 35.1 Å². The lowest BCUT2D eigenvalue weighted by atomic mass is 10.1. The standard InChI is InChI=1S/C14H22N4O2/c1-4-18(9-11(3)13(15)17-20)14(19)16-12-7-5-6-10(2)8-12/h5-8,11,20H,4,9H2,1-3H3,(H2,15,17)(H,16,19). The molecule has 1 unspecified atom stereocenters. The Morgan fingerprint density at radius 2 is 2.25 bits per heavy atom. The van der Waals surface area contributed by atoms with Crippen LogP contribution in [0, 0.1) is 12.8 Å². The second-order valence-corrected chi connectivity index (χ2v) is 4.76. The molecule has 0 bridgehead atoms. The summed E-state index contributed by atoms with van der Waals surface area (Å²) in [6.07, 6.45) is 0. The van der Waals surface area contributed by atoms with Gasteiger partial charge in [-0.05, 0) is 31.5 Å². The molecule has 0 saturated carbocycles. The number of hydrogen-bond donors (Lipinski definition) is 3. The van der Waals surface area contributed by atoms with Crippen LogP contribution in [0.4, 0.5) is 10.5 Å². The predicted octanol–water partition coefficient (Wildman–Crippen LogP) is 2.23. The van der Waals surface area contributed by atoms with Gasteiger partial charge < -0.3 is 21.2 Å². The molecule has 110 valence electrons. The molecule has 6 nitrogen and oxygen atoms in total. The predicted molar refractivity (Wildman–Crippen MR) is 80.0 cm³/mol. The lowest BCUT2D eigenvalue weighted by Gasteiger charge is -2.24. The Kier molecular flexibility index (Phi) is 5.83. The minimum Gasteiger partial charge on any atom is -0.409 e. The Hall–Kier alpha value is -2.24. The van der Waals surface area contributed by atoms with Gasteiger partial charge in [-0.25, -0.2) is 4.79 Å². The first-order chi connectivity index (χ1) is 9.47. The van der Waals surface area contributed by atoms with Crippen molar-refractivity contribution in [1.29, 1.82) is 0 Å². The fourth-order valence-electron chi connectivity index (χ4n) is 1.80. The quantitative estimate of drug-likeness (QED) is 0.334. The van der Waals surface area contributed by atoms with E-state index in [1.807, 2.05) is 38.1 Å². The third kappa shape index (κ3) is 4.46. The Morgan fingerprint density at radius 3 is 2.80 bits per heavy atom. The maximum Gasteiger partial charge on any atom is 0.321 e. The van der Waals surface area contributed by atoms with E-state index in [-0.39, 0.29) is 17.8 Å². The van der Waals surface area contributed by atoms with Crippen LogP contribution in [-0.2, 0) is 0 Å². The van der Waals surface area contributed by atoms with Crippen LogP contribution in [0.2, 0.25) is 0 Å². The van der Waals surface area contributed by atoms with Crippen molar-refractivity contribution in [3.8, 4) is 0 Å². The lowest BCUT2D eigenvalue weighted by Crippen LogP contribution is -2.41. The highest BCUT2D eigenvalue weighted by Gasteiger charge is 2.17. The van der Waals surface area contributed by atoms with Gasteiger partial charge in [0.2, 0.25) is 0 Å². The van der Waals surface area contributed by atoms with Gasteiger partial charge in [0.15, 0.2) is 0 Å². The molecule has 0 radical (unpaired) electrons. The molecule has 0 spiro atoms. The molecule has 0 aliphatic heterocycles. The number of benzene rings is 1. The molecular weight excluding hydrogens is 256 g/mol. The fourth-order valence-corrected chi connectivity index (χ4v) is 1.80. The smallest absolute Gasteiger partial charge is 0.321 e. The van der Waals surface area contributed by atoms with Gasteiger partial charge in [0.25, 0.3) is 0 Å². The molecular formula is C14H22N4O2. The summed E-state index contributed by atoms with van der Waals surface area (Å²) in [7, 11) is 0. The molecule has 0 aromatic heterocycles. The first kappa shape index (κ1) is 15.8. The van der Waals surface area contributed by atoms with Crippen molar-refractivity contribution in [3.05, 3.63) is 29.8 Å². The minimum atomic E-state index is -0.205. The molecule has 2 amide bonds. The van der Waals surface area contributed by atoms with E-state index >= 15 is 0 Å². The maximum atomic E-state index is 12.2. The molecule has 0 aliphatic rings. The third-order valence-corrected chi connectivity index (χ3v) is 3.05. The van der Waals surface area contributed by atoms with Gasteiger partial charge in [0, 0.05) is 24.7 Å². The Labute approximate surface area is 119 Å². The van der Waals surface area contributed by atoms with Gasteiger partial charge in [0.05, 0.1) is 0 Å². The topological polar surface area (TPSA) is 90.9 Å². The van der Waals surface area contributed by atoms with E-state index in [1.54, 1.807) is 11.8 Å². The first-order valence-electron chi connectivity index (χ1n) is 6.58. The van der Waals surface area contributed by atoms with Gasteiger partial charge in [-0.1, -0.05) is 24.2 Å². The highest BCUT2D eigenvalue weighted by Crippen LogP contribution is 2.11. The summed E-state index contributed by atoms with van der Waals surface area (Å²) in [4.78, 5) is 13.8. The SMILES string of the molecule is CCN(CC(C)C(N)=NO)C(=O)Nc1cccc(C)c1. The second-order valence-electron chi connectivity index (χ2n) is 4.76. The molecule has 1 atom stereocenters. The summed E-state index contributed by atoms with van der Waals surface area (Å²) in [5.74, 6) is -0.0879. The van der Waals surface area contributed by atoms with Crippen LogP contribution in [0.1, 0.15) is 19.4 Å². The summed E-state index contributed by atoms with van der Waals surface area (Å²) in [6.45, 7) is 6.59. The van der Waals surface area contributed by atoms with E-state index in [2.05, 4.69) is 10.5 Å². The molecule has 0 heterocycles. The van der Waals surface area contributed by atoms with Crippen LogP contribution in [0.5, 0.6) is 0 Å². The van der Waals surface area contributed by atoms with Crippen LogP contribution in [0.3, 0.4) is 0 Å². The summed E-state index contributed by atoms with van der Waals surface area (Å²) in [5.41, 5.74) is 7.37. The summed E-state index contributed by atoms with van der Waals surface area (Å²) in [5, 5.41) is 14.4. The molecule has 4 N–H and O–H groups in total. The number of oxime groups is 1. The van der Waals surface area contributed by atoms with Crippen molar-refractivity contribution < 1.29 is 10.0 Å². The number of anilines is 1. The number of carbonyl (C=O) groups excluding carboxylic acids is 1. The minimum absolute atomic E-state index is 0.117. The van der Waals surface area contributed by atoms with E-state index in [0.717, 1.165) is 11.3 Å². The van der Waals surface area contributed by atoms with Gasteiger partial charge in [0.1, 0.15) is 5.84 Å². The summed E-state index contributed by atoms with van der Waals surface area (Å²) < 4.78 is 0. The molecule has 0 aliphatic carbocycles. The fraction of sp³-hybridized carbons (Fsp3) is 0.429. The number of rotatable bonds is 5. The van der Waals surface area contributed by atoms with Crippen molar-refractivity contribution >= 4 is 17.6 Å². The molecule has 20 heavy (non-hydrogen) atoms. The number of nitrogens with two attached hydrogens (primary N) is 1. The van der Waals surface area contributed by atoms with Gasteiger partial charge in [-0.3, -0.25) is 0 Å². The van der Waals surface area contributed by atoms with Gasteiger partial charge >= 0.3 is 6.03 Å². The number of carbonyl (C=O) groups is 1. The molecule has 0 saturated heterocycles. The number of amidine groups is 1. The Balaban J connectivity index is 2.68. The molecule has 1 aromatic rings. The largest absolute Gasteiger partial charge is 0.409 e. The van der Waals surface area contributed by atoms with Crippen LogP contribution in [0.15, 0.2) is 29.4 Å². The Morgan fingerprint density at radius 1 is 1.55 bits per heavy atom. The second kappa shape index (κ2) is 7.37. The maximum absolute atomic E-state index is 12.2. The van der Waals surface area contributed by atoms with E-state index in [4.69, 9.17) is 10.9 Å². The van der Waals surface area contributed by atoms with Crippen molar-refractivity contribution in [2.24, 2.45) is 16.8 Å². The molecule has 1 aromatic carbocycles. The lowest BCUT2D eigenvalue weighted by molar-refractivity contribution is 0.210. The molecule has 0 fully saturated rings. The average molecular weight is 278 g/mol. The van der Waals surface area contributed by atoms with Crippen molar-refractivity contribution in [2.75, 3.05) is 18.4 Å². The van der Waals surface area contributed by atoms with E-state index in [1.165, 1.54) is 0 Å². The first-order valence-corrected chi connectivity index (χ1v) is 6.58. The third-order valence-electron chi connectivity index (χ3n) is 3.05. The van der Waals surface area contributed by atoms with Crippen LogP contribution >= 0.6 is 0 Å². The number of nitrogens with zero attached hydrogens (tertiary/aromatic N) is 2. The summed E-state index contributed by atoms with van der Waals surface area (Å²) in [6, 6.07) is 7.40. The van der Waals surface area contributed by atoms with E-state index in [9.17, 15) is 4.79 Å². The van der Waals surface area contributed by atoms with Crippen molar-refractivity contribution in [2.45, 2.75) is 20.8 Å². The van der Waals surface area contributed by atoms with Gasteiger partial charge in [-0.2, -0.15) is 0 Å². The number of nitrogens with one attached hydrogen (secondary N) is 1. The normalized spacial score (nSPS) is 12.8. The monoisotopic (exact) mass is 278 g/mol. The number of aryl methyl sites for hydroxylation is 1. The summed E-state index contributed by atoms with van der Waals surface area (Å²) >= 11 is 0. The van der Waals surface area contributed by atoms with Crippen molar-refractivity contribution in [3.63, 3.8) is 0 Å². The highest BCUT2D eigenvalue weighted by molar-refractivity contribution is 5.90. The zero-order chi connectivity index (χ0) is 15.1. The zero-order valence-electron chi connectivity index (χ0n) is 12.1. The molecule has 1 rings (SSSR count). The number of hydrogen-bond acceptors (Lipinski definition) is 3. The average Bonchev–Trinajstić information content (AvgIpc) is 2.43. The van der Waals surface area contributed by atoms with Gasteiger partial charge in [-0.15, -0.1) is 0 Å². The van der Waals surface area contributed by atoms with E-state index < -0.39 is 0 Å².